The van der Waals surface area contributed by atoms with Crippen LogP contribution in [-0.4, -0.2) is 184 Å². The zero-order valence-corrected chi connectivity index (χ0v) is 88.8. The van der Waals surface area contributed by atoms with Crippen LogP contribution in [0.4, 0.5) is 0 Å². The van der Waals surface area contributed by atoms with Crippen LogP contribution < -0.4 is 0 Å². The van der Waals surface area contributed by atoms with Gasteiger partial charge in [-0.3, -0.25) is 25.7 Å². The van der Waals surface area contributed by atoms with Crippen molar-refractivity contribution in [1.29, 1.82) is 0 Å². The molecule has 0 bridgehead atoms. The van der Waals surface area contributed by atoms with Crippen molar-refractivity contribution in [2.24, 2.45) is 71.0 Å². The van der Waals surface area contributed by atoms with Crippen LogP contribution in [0.15, 0.2) is 0 Å². The monoisotopic (exact) mass is 2780 g/mol. The Morgan fingerprint density at radius 1 is 0.176 bits per heavy atom. The molecule has 0 atom stereocenters. The van der Waals surface area contributed by atoms with Crippen LogP contribution in [0.25, 0.3) is 0 Å². The first-order valence-corrected chi connectivity index (χ1v) is 37.8. The SMILES string of the molecule is C.C.C.C.C.C.C.C.C.C.C.C.C.C.C.C.C.C.C.C.C.C.C.C.C.C.C.C.C.C.C.C.C.C.C.C.C.C=O.C=O.C=O.C=O.CC(C)COC[CH-]COCC(C)C.CC(C)COC[CH-]COCC(C)C.CC(C)OCCOC[CH-]COCCOC(C)C.CC(C)OCCOC[CH-]COCCOC(C)C.CC(C)[CH-]C(C)C.CC(C)[CH-]C(C)C.CC(C)[CH-]C(C)C.CC(C)[CH-]C(C)C.CCCC.[CH3-].[CH3-].[U+2].[U+4].[U+4]. The molecular formula is C123H332O16U3. The summed E-state index contributed by atoms with van der Waals surface area (Å²) in [6.07, 6.45) is 21.0. The smallest absolute Gasteiger partial charge is 0.413 e. The van der Waals surface area contributed by atoms with Gasteiger partial charge in [0.1, 0.15) is 27.2 Å². The maximum Gasteiger partial charge on any atom is 4.00 e. The van der Waals surface area contributed by atoms with E-state index in [1.165, 1.54) is 12.8 Å². The largest absolute Gasteiger partial charge is 4.00 e. The fraction of sp³-hybridized carbons (Fsp3) is 0.886. The number of ether oxygens (including phenoxy) is 12. The molecule has 0 aliphatic carbocycles. The number of carbonyl (C=O) groups excluding carboxylic acids is 4. The van der Waals surface area contributed by atoms with Crippen molar-refractivity contribution in [1.82, 2.24) is 0 Å². The predicted octanol–water partition coefficient (Wildman–Crippen LogP) is 44.7. The van der Waals surface area contributed by atoms with Gasteiger partial charge >= 0.3 is 93.3 Å². The van der Waals surface area contributed by atoms with Crippen LogP contribution in [-0.2, 0) is 76.0 Å². The number of hydrogen-bond acceptors (Lipinski definition) is 16. The molecular weight excluding hydrogens is 2450 g/mol. The van der Waals surface area contributed by atoms with Gasteiger partial charge in [-0.1, -0.05) is 521 Å². The summed E-state index contributed by atoms with van der Waals surface area (Å²) in [5.74, 6) is 8.46. The second-order valence-electron chi connectivity index (χ2n) is 28.6. The molecule has 0 saturated heterocycles. The fourth-order valence-electron chi connectivity index (χ4n) is 6.86. The van der Waals surface area contributed by atoms with Gasteiger partial charge < -0.3 is 117 Å². The average Bonchev–Trinajstić information content (AvgIpc) is 1.12. The van der Waals surface area contributed by atoms with E-state index < -0.39 is 0 Å². The third kappa shape index (κ3) is 632. The molecule has 142 heavy (non-hydrogen) atoms. The number of hydrogen-bond donors (Lipinski definition) is 0. The van der Waals surface area contributed by atoms with Crippen molar-refractivity contribution in [2.75, 3.05) is 132 Å². The number of unbranched alkanes of at least 4 members (excludes halogenated alkanes) is 1. The average molecular weight is 2780 g/mol. The Labute approximate surface area is 1000 Å². The first-order valence-electron chi connectivity index (χ1n) is 37.8. The van der Waals surface area contributed by atoms with Crippen LogP contribution in [0.5, 0.6) is 0 Å². The van der Waals surface area contributed by atoms with Gasteiger partial charge in [0.05, 0.1) is 77.3 Å². The van der Waals surface area contributed by atoms with E-state index in [2.05, 4.69) is 206 Å². The maximum absolute atomic E-state index is 8.00. The Balaban J connectivity index is -0.0000000110. The van der Waals surface area contributed by atoms with E-state index >= 15 is 0 Å². The van der Waals surface area contributed by atoms with E-state index in [0.717, 1.165) is 73.8 Å². The molecule has 0 heterocycles. The van der Waals surface area contributed by atoms with Crippen LogP contribution in [0.1, 0.15) is 523 Å². The summed E-state index contributed by atoms with van der Waals surface area (Å²) >= 11 is 0. The summed E-state index contributed by atoms with van der Waals surface area (Å²) in [5.41, 5.74) is 0. The summed E-state index contributed by atoms with van der Waals surface area (Å²) < 4.78 is 64.2. The summed E-state index contributed by atoms with van der Waals surface area (Å²) in [6.45, 7) is 94.7. The summed E-state index contributed by atoms with van der Waals surface area (Å²) in [6, 6.07) is 0. The Bertz CT molecular complexity index is 1090. The Kier molecular flexibility index (Phi) is 893. The second-order valence-corrected chi connectivity index (χ2v) is 28.6. The molecule has 0 aliphatic heterocycles. The van der Waals surface area contributed by atoms with Gasteiger partial charge in [0, 0.05) is 26.4 Å². The molecule has 0 N–H and O–H groups in total. The van der Waals surface area contributed by atoms with Crippen molar-refractivity contribution in [3.8, 4) is 0 Å². The number of rotatable bonds is 49. The van der Waals surface area contributed by atoms with E-state index in [1.807, 2.05) is 108 Å². The minimum absolute atomic E-state index is 0. The molecule has 0 radical (unpaired) electrons. The zero-order valence-electron chi connectivity index (χ0n) is 76.3. The molecule has 0 fully saturated rings. The van der Waals surface area contributed by atoms with Crippen molar-refractivity contribution in [3.05, 3.63) is 66.2 Å². The first kappa shape index (κ1) is 372. The minimum Gasteiger partial charge on any atom is -0.413 e. The Hall–Kier alpha value is 1.36. The van der Waals surface area contributed by atoms with Crippen molar-refractivity contribution in [2.45, 2.75) is 547 Å². The Morgan fingerprint density at radius 3 is 0.331 bits per heavy atom. The summed E-state index contributed by atoms with van der Waals surface area (Å²) in [4.78, 5) is 32.0. The van der Waals surface area contributed by atoms with Gasteiger partial charge in [-0.05, 0) is 79.1 Å². The van der Waals surface area contributed by atoms with E-state index in [0.29, 0.717) is 129 Å². The number of carbonyl (C=O) groups is 4. The normalized spacial score (nSPS) is 7.42. The fourth-order valence-corrected chi connectivity index (χ4v) is 6.86. The van der Waals surface area contributed by atoms with Gasteiger partial charge in [-0.15, -0.1) is 0 Å². The van der Waals surface area contributed by atoms with Crippen LogP contribution in [0.3, 0.4) is 0 Å². The Morgan fingerprint density at radius 2 is 0.268 bits per heavy atom. The minimum atomic E-state index is 0. The topological polar surface area (TPSA) is 179 Å². The van der Waals surface area contributed by atoms with E-state index in [9.17, 15) is 0 Å². The molecule has 0 spiro atoms. The van der Waals surface area contributed by atoms with Crippen molar-refractivity contribution >= 4 is 27.2 Å². The van der Waals surface area contributed by atoms with Crippen molar-refractivity contribution < 1.29 is 169 Å². The second kappa shape index (κ2) is 341. The van der Waals surface area contributed by atoms with Gasteiger partial charge in [-0.2, -0.15) is 47.3 Å². The molecule has 0 rings (SSSR count). The third-order valence-corrected chi connectivity index (χ3v) is 9.98. The predicted molar refractivity (Wildman–Crippen MR) is 694 cm³/mol. The zero-order chi connectivity index (χ0) is 80.9. The molecule has 932 valence electrons. The molecule has 0 aromatic carbocycles. The van der Waals surface area contributed by atoms with Crippen LogP contribution in [0, 0.1) is 231 Å². The van der Waals surface area contributed by atoms with E-state index in [-0.39, 0.29) is 407 Å². The van der Waals surface area contributed by atoms with Gasteiger partial charge in [0.2, 0.25) is 0 Å². The maximum atomic E-state index is 8.00. The van der Waals surface area contributed by atoms with E-state index in [1.54, 1.807) is 0 Å². The summed E-state index contributed by atoms with van der Waals surface area (Å²) in [7, 11) is 0. The first-order chi connectivity index (χ1) is 46.9. The molecule has 16 nitrogen and oxygen atoms in total. The molecule has 0 aliphatic rings. The van der Waals surface area contributed by atoms with Crippen LogP contribution in [0.2, 0.25) is 0 Å². The summed E-state index contributed by atoms with van der Waals surface area (Å²) in [5, 5.41) is 0. The van der Waals surface area contributed by atoms with E-state index in [4.69, 9.17) is 76.0 Å². The van der Waals surface area contributed by atoms with Crippen LogP contribution >= 0.6 is 0 Å². The molecule has 0 amide bonds. The van der Waals surface area contributed by atoms with Gasteiger partial charge in [0.25, 0.3) is 0 Å². The molecule has 0 aromatic heterocycles. The quantitative estimate of drug-likeness (QED) is 0.0414. The molecule has 0 aromatic rings. The van der Waals surface area contributed by atoms with Gasteiger partial charge in [0.15, 0.2) is 0 Å². The molecule has 0 unspecified atom stereocenters. The van der Waals surface area contributed by atoms with Gasteiger partial charge in [-0.25, -0.2) is 0 Å². The third-order valence-electron chi connectivity index (χ3n) is 9.98. The molecule has 0 saturated carbocycles. The van der Waals surface area contributed by atoms with Crippen molar-refractivity contribution in [3.63, 3.8) is 0 Å². The molecule has 19 heteroatoms. The standard InChI is InChI=1S/2C13H27O4.2C11H23O2.4C7H15.C4H10.4CH2O.37CH4.2CH3.3U/c2*1-12(2)16-10-8-14-6-5-7-15-9-11-17-13(3)4;2*1-10(2)8-12-6-5-7-13-9-11(3)4;4*1-6(2)5-7(3)4;1-3-4-2;4*1-2;;;;;;;;;;;;;;;;;;;;;;;;;;;;;;;;;;;;;;;;;;/h2*5,12-13H,6-11H2,1-4H3;2*5,10-11H,6-9H2,1-4H3;4*5-7H,1-4H3;3-4H2,1-2H3;4*1H2;37*1H4;2*1H3;;;/q8*-1;;;;;;;;;;;;;;;;;;;;;;;;;;;;;;;;;;;;;;;;;;;2*-1;+2;2*+4.